The second kappa shape index (κ2) is 8.34. The maximum Gasteiger partial charge on any atom is 0.373 e. The van der Waals surface area contributed by atoms with Crippen LogP contribution in [-0.4, -0.2) is 28.0 Å². The van der Waals surface area contributed by atoms with Crippen LogP contribution >= 0.6 is 0 Å². The third-order valence-corrected chi connectivity index (χ3v) is 4.10. The van der Waals surface area contributed by atoms with E-state index >= 15 is 0 Å². The second-order valence-corrected chi connectivity index (χ2v) is 6.19. The highest BCUT2D eigenvalue weighted by Gasteiger charge is 2.25. The molecule has 148 valence electrons. The summed E-state index contributed by atoms with van der Waals surface area (Å²) < 4.78 is 10.2. The molecular formula is C20H18N4O5. The molecular weight excluding hydrogens is 376 g/mol. The minimum absolute atomic E-state index is 0.0122. The number of carbonyl (C=O) groups is 1. The number of nitro groups is 1. The summed E-state index contributed by atoms with van der Waals surface area (Å²) in [6.07, 6.45) is 1.18. The molecule has 0 fully saturated rings. The molecule has 0 radical (unpaired) electrons. The SMILES string of the molecule is COC(=O)c1ccc(Oc2ncnc(Nc3ccc(C)cc3C)c2[N+](=O)[O-])cc1. The highest BCUT2D eigenvalue weighted by atomic mass is 16.6. The van der Waals surface area contributed by atoms with Crippen molar-refractivity contribution in [2.75, 3.05) is 12.4 Å². The summed E-state index contributed by atoms with van der Waals surface area (Å²) >= 11 is 0. The predicted octanol–water partition coefficient (Wildman–Crippen LogP) is 4.32. The van der Waals surface area contributed by atoms with E-state index in [0.29, 0.717) is 11.3 Å². The summed E-state index contributed by atoms with van der Waals surface area (Å²) in [5.41, 5.74) is 2.60. The zero-order chi connectivity index (χ0) is 21.0. The quantitative estimate of drug-likeness (QED) is 0.373. The Kier molecular flexibility index (Phi) is 5.68. The molecule has 3 aromatic rings. The van der Waals surface area contributed by atoms with Gasteiger partial charge in [0, 0.05) is 5.69 Å². The van der Waals surface area contributed by atoms with Crippen LogP contribution in [0.1, 0.15) is 21.5 Å². The predicted molar refractivity (Wildman–Crippen MR) is 106 cm³/mol. The number of methoxy groups -OCH3 is 1. The van der Waals surface area contributed by atoms with Crippen LogP contribution in [0.25, 0.3) is 0 Å². The molecule has 0 amide bonds. The third kappa shape index (κ3) is 4.46. The first-order chi connectivity index (χ1) is 13.9. The Bertz CT molecular complexity index is 1070. The summed E-state index contributed by atoms with van der Waals surface area (Å²) in [6, 6.07) is 11.6. The number of esters is 1. The fourth-order valence-corrected chi connectivity index (χ4v) is 2.66. The zero-order valence-corrected chi connectivity index (χ0v) is 16.0. The van der Waals surface area contributed by atoms with Gasteiger partial charge in [0.15, 0.2) is 0 Å². The van der Waals surface area contributed by atoms with Crippen LogP contribution in [0.3, 0.4) is 0 Å². The molecule has 0 atom stereocenters. The smallest absolute Gasteiger partial charge is 0.373 e. The molecule has 9 nitrogen and oxygen atoms in total. The van der Waals surface area contributed by atoms with Crippen molar-refractivity contribution in [3.63, 3.8) is 0 Å². The van der Waals surface area contributed by atoms with Crippen molar-refractivity contribution in [1.82, 2.24) is 9.97 Å². The number of benzene rings is 2. The zero-order valence-electron chi connectivity index (χ0n) is 16.0. The van der Waals surface area contributed by atoms with E-state index < -0.39 is 16.6 Å². The molecule has 0 spiro atoms. The molecule has 0 aliphatic rings. The van der Waals surface area contributed by atoms with Crippen LogP contribution in [0.5, 0.6) is 11.6 Å². The van der Waals surface area contributed by atoms with Crippen molar-refractivity contribution in [1.29, 1.82) is 0 Å². The van der Waals surface area contributed by atoms with E-state index in [2.05, 4.69) is 20.0 Å². The Hall–Kier alpha value is -4.01. The Morgan fingerprint density at radius 3 is 2.45 bits per heavy atom. The molecule has 0 saturated carbocycles. The van der Waals surface area contributed by atoms with Gasteiger partial charge in [-0.1, -0.05) is 17.7 Å². The molecule has 1 aromatic heterocycles. The fraction of sp³-hybridized carbons (Fsp3) is 0.150. The highest BCUT2D eigenvalue weighted by Crippen LogP contribution is 2.36. The maximum atomic E-state index is 11.7. The lowest BCUT2D eigenvalue weighted by atomic mass is 10.1. The van der Waals surface area contributed by atoms with Crippen LogP contribution in [0.15, 0.2) is 48.8 Å². The minimum atomic E-state index is -0.607. The molecule has 0 unspecified atom stereocenters. The number of rotatable bonds is 6. The number of ether oxygens (including phenoxy) is 2. The number of anilines is 2. The number of carbonyl (C=O) groups excluding carboxylic acids is 1. The van der Waals surface area contributed by atoms with Gasteiger partial charge in [-0.2, -0.15) is 4.98 Å². The summed E-state index contributed by atoms with van der Waals surface area (Å²) in [5, 5.41) is 14.7. The Labute approximate surface area is 166 Å². The van der Waals surface area contributed by atoms with Crippen molar-refractivity contribution >= 4 is 23.2 Å². The Balaban J connectivity index is 1.92. The van der Waals surface area contributed by atoms with Gasteiger partial charge in [0.05, 0.1) is 17.6 Å². The van der Waals surface area contributed by atoms with Crippen LogP contribution in [0, 0.1) is 24.0 Å². The van der Waals surface area contributed by atoms with Gasteiger partial charge in [-0.05, 0) is 49.7 Å². The molecule has 0 bridgehead atoms. The summed E-state index contributed by atoms with van der Waals surface area (Å²) in [4.78, 5) is 30.5. The van der Waals surface area contributed by atoms with Crippen molar-refractivity contribution in [3.8, 4) is 11.6 Å². The van der Waals surface area contributed by atoms with Crippen LogP contribution in [-0.2, 0) is 4.74 Å². The Morgan fingerprint density at radius 1 is 1.10 bits per heavy atom. The van der Waals surface area contributed by atoms with E-state index in [1.54, 1.807) is 0 Å². The van der Waals surface area contributed by atoms with Gasteiger partial charge in [-0.15, -0.1) is 0 Å². The second-order valence-electron chi connectivity index (χ2n) is 6.19. The Morgan fingerprint density at radius 2 is 1.83 bits per heavy atom. The summed E-state index contributed by atoms with van der Waals surface area (Å²) in [5.74, 6) is -0.428. The molecule has 0 aliphatic heterocycles. The number of hydrogen-bond acceptors (Lipinski definition) is 8. The van der Waals surface area contributed by atoms with E-state index in [9.17, 15) is 14.9 Å². The lowest BCUT2D eigenvalue weighted by Crippen LogP contribution is -2.04. The molecule has 2 aromatic carbocycles. The number of aromatic nitrogens is 2. The average Bonchev–Trinajstić information content (AvgIpc) is 2.70. The van der Waals surface area contributed by atoms with Crippen LogP contribution in [0.4, 0.5) is 17.2 Å². The van der Waals surface area contributed by atoms with E-state index in [0.717, 1.165) is 11.1 Å². The van der Waals surface area contributed by atoms with Gasteiger partial charge in [0.25, 0.3) is 0 Å². The largest absolute Gasteiger partial charge is 0.465 e. The topological polar surface area (TPSA) is 116 Å². The summed E-state index contributed by atoms with van der Waals surface area (Å²) in [6.45, 7) is 3.85. The van der Waals surface area contributed by atoms with E-state index in [-0.39, 0.29) is 17.4 Å². The van der Waals surface area contributed by atoms with Gasteiger partial charge in [0.2, 0.25) is 5.82 Å². The molecule has 1 heterocycles. The molecule has 1 N–H and O–H groups in total. The van der Waals surface area contributed by atoms with E-state index in [4.69, 9.17) is 4.74 Å². The normalized spacial score (nSPS) is 10.3. The van der Waals surface area contributed by atoms with E-state index in [1.807, 2.05) is 32.0 Å². The maximum absolute atomic E-state index is 11.7. The van der Waals surface area contributed by atoms with Crippen LogP contribution in [0.2, 0.25) is 0 Å². The fourth-order valence-electron chi connectivity index (χ4n) is 2.66. The molecule has 0 saturated heterocycles. The van der Waals surface area contributed by atoms with Crippen LogP contribution < -0.4 is 10.1 Å². The first kappa shape index (κ1) is 19.7. The van der Waals surface area contributed by atoms with Gasteiger partial charge in [0.1, 0.15) is 12.1 Å². The number of aryl methyl sites for hydroxylation is 2. The third-order valence-electron chi connectivity index (χ3n) is 4.10. The van der Waals surface area contributed by atoms with Gasteiger partial charge in [-0.3, -0.25) is 10.1 Å². The van der Waals surface area contributed by atoms with Gasteiger partial charge in [-0.25, -0.2) is 9.78 Å². The monoisotopic (exact) mass is 394 g/mol. The first-order valence-electron chi connectivity index (χ1n) is 8.59. The van der Waals surface area contributed by atoms with Gasteiger partial charge >= 0.3 is 17.5 Å². The van der Waals surface area contributed by atoms with Gasteiger partial charge < -0.3 is 14.8 Å². The standard InChI is InChI=1S/C20H18N4O5/c1-12-4-9-16(13(2)10-12)23-18-17(24(26)27)19(22-11-21-18)29-15-7-5-14(6-8-15)20(25)28-3/h4-11H,1-3H3,(H,21,22,23). The summed E-state index contributed by atoms with van der Waals surface area (Å²) in [7, 11) is 1.28. The number of nitrogens with zero attached hydrogens (tertiary/aromatic N) is 3. The van der Waals surface area contributed by atoms with Crippen molar-refractivity contribution in [3.05, 3.63) is 75.6 Å². The van der Waals surface area contributed by atoms with Crippen molar-refractivity contribution in [2.24, 2.45) is 0 Å². The lowest BCUT2D eigenvalue weighted by Gasteiger charge is -2.11. The molecule has 0 aliphatic carbocycles. The van der Waals surface area contributed by atoms with Crippen molar-refractivity contribution < 1.29 is 19.2 Å². The molecule has 3 rings (SSSR count). The first-order valence-corrected chi connectivity index (χ1v) is 8.59. The minimum Gasteiger partial charge on any atom is -0.465 e. The van der Waals surface area contributed by atoms with Crippen molar-refractivity contribution in [2.45, 2.75) is 13.8 Å². The lowest BCUT2D eigenvalue weighted by molar-refractivity contribution is -0.385. The number of hydrogen-bond donors (Lipinski definition) is 1. The number of nitrogens with one attached hydrogen (secondary N) is 1. The average molecular weight is 394 g/mol. The molecule has 29 heavy (non-hydrogen) atoms. The highest BCUT2D eigenvalue weighted by molar-refractivity contribution is 5.89. The van der Waals surface area contributed by atoms with E-state index in [1.165, 1.54) is 37.7 Å². The molecule has 9 heteroatoms.